The highest BCUT2D eigenvalue weighted by molar-refractivity contribution is 7.99. The van der Waals surface area contributed by atoms with Crippen LogP contribution >= 0.6 is 23.4 Å². The van der Waals surface area contributed by atoms with Crippen LogP contribution in [0.15, 0.2) is 90.1 Å². The number of hydrogen-bond acceptors (Lipinski definition) is 7. The molecule has 0 amide bonds. The zero-order valence-electron chi connectivity index (χ0n) is 21.3. The van der Waals surface area contributed by atoms with Crippen molar-refractivity contribution in [3.63, 3.8) is 0 Å². The van der Waals surface area contributed by atoms with Gasteiger partial charge in [-0.3, -0.25) is 14.7 Å². The van der Waals surface area contributed by atoms with Crippen LogP contribution in [0.1, 0.15) is 22.2 Å². The van der Waals surface area contributed by atoms with Crippen LogP contribution in [0.25, 0.3) is 16.5 Å². The third-order valence-electron chi connectivity index (χ3n) is 6.27. The fourth-order valence-corrected chi connectivity index (χ4v) is 5.65. The summed E-state index contributed by atoms with van der Waals surface area (Å²) in [7, 11) is 1.56. The Kier molecular flexibility index (Phi) is 7.99. The van der Waals surface area contributed by atoms with Gasteiger partial charge in [-0.05, 0) is 65.2 Å². The minimum atomic E-state index is -0.546. The summed E-state index contributed by atoms with van der Waals surface area (Å²) in [6.45, 7) is 1.88. The van der Waals surface area contributed by atoms with Crippen LogP contribution < -0.4 is 9.47 Å². The number of nitro groups is 1. The number of halogens is 1. The van der Waals surface area contributed by atoms with Crippen LogP contribution in [0.2, 0.25) is 5.02 Å². The maximum atomic E-state index is 11.6. The van der Waals surface area contributed by atoms with E-state index in [4.69, 9.17) is 21.1 Å². The number of benzene rings is 4. The monoisotopic (exact) mass is 560 g/mol. The van der Waals surface area contributed by atoms with Gasteiger partial charge in [-0.2, -0.15) is 0 Å². The Morgan fingerprint density at radius 2 is 1.77 bits per heavy atom. The number of hydrogen-bond donors (Lipinski definition) is 0. The van der Waals surface area contributed by atoms with Crippen molar-refractivity contribution < 1.29 is 14.4 Å². The Balaban J connectivity index is 1.41. The van der Waals surface area contributed by atoms with Gasteiger partial charge in [-0.25, -0.2) is 0 Å². The number of fused-ring (bicyclic) bond motifs is 1. The normalized spacial score (nSPS) is 11.9. The largest absolute Gasteiger partial charge is 0.493 e. The van der Waals surface area contributed by atoms with Gasteiger partial charge < -0.3 is 9.47 Å². The van der Waals surface area contributed by atoms with E-state index in [1.54, 1.807) is 31.4 Å². The van der Waals surface area contributed by atoms with Crippen molar-refractivity contribution in [2.24, 2.45) is 0 Å². The van der Waals surface area contributed by atoms with Crippen LogP contribution in [0.3, 0.4) is 0 Å². The second-order valence-corrected chi connectivity index (χ2v) is 10.4. The summed E-state index contributed by atoms with van der Waals surface area (Å²) in [6.07, 6.45) is 0. The van der Waals surface area contributed by atoms with Gasteiger partial charge in [-0.15, -0.1) is 10.2 Å². The minimum absolute atomic E-state index is 0.309. The zero-order valence-corrected chi connectivity index (χ0v) is 22.9. The number of rotatable bonds is 10. The molecule has 0 aliphatic carbocycles. The van der Waals surface area contributed by atoms with Crippen LogP contribution in [-0.2, 0) is 6.61 Å². The molecular formula is C29H25ClN4O4S. The van der Waals surface area contributed by atoms with E-state index < -0.39 is 5.25 Å². The topological polar surface area (TPSA) is 92.3 Å². The molecule has 1 atom stereocenters. The van der Waals surface area contributed by atoms with E-state index in [0.717, 1.165) is 27.6 Å². The van der Waals surface area contributed by atoms with Crippen molar-refractivity contribution in [3.8, 4) is 17.2 Å². The molecule has 1 aromatic heterocycles. The molecule has 0 radical (unpaired) electrons. The molecule has 0 aliphatic rings. The fraction of sp³-hybridized carbons (Fsp3) is 0.172. The highest BCUT2D eigenvalue weighted by atomic mass is 35.5. The van der Waals surface area contributed by atoms with Crippen molar-refractivity contribution in [1.82, 2.24) is 14.8 Å². The summed E-state index contributed by atoms with van der Waals surface area (Å²) in [6, 6.07) is 26.9. The first-order valence-corrected chi connectivity index (χ1v) is 13.4. The lowest BCUT2D eigenvalue weighted by Gasteiger charge is -2.17. The van der Waals surface area contributed by atoms with Crippen molar-refractivity contribution in [2.45, 2.75) is 23.9 Å². The van der Waals surface area contributed by atoms with E-state index in [0.29, 0.717) is 34.1 Å². The van der Waals surface area contributed by atoms with Crippen LogP contribution in [0.5, 0.6) is 11.5 Å². The van der Waals surface area contributed by atoms with Gasteiger partial charge in [0.1, 0.15) is 17.7 Å². The van der Waals surface area contributed by atoms with Gasteiger partial charge in [0.2, 0.25) is 6.54 Å². The summed E-state index contributed by atoms with van der Waals surface area (Å²) in [5.41, 5.74) is 2.59. The second kappa shape index (κ2) is 11.8. The molecule has 0 saturated carbocycles. The van der Waals surface area contributed by atoms with Crippen molar-refractivity contribution in [1.29, 1.82) is 0 Å². The molecule has 0 N–H and O–H groups in total. The van der Waals surface area contributed by atoms with Gasteiger partial charge in [0, 0.05) is 15.6 Å². The highest BCUT2D eigenvalue weighted by Crippen LogP contribution is 2.40. The summed E-state index contributed by atoms with van der Waals surface area (Å²) in [4.78, 5) is 11.3. The van der Waals surface area contributed by atoms with Gasteiger partial charge >= 0.3 is 0 Å². The molecule has 0 fully saturated rings. The second-order valence-electron chi connectivity index (χ2n) is 8.80. The Morgan fingerprint density at radius 1 is 1.00 bits per heavy atom. The standard InChI is InChI=1S/C29H25ClN4O4S/c1-19-31-32-29(34(19)24-13-11-23(30)12-14-24)39-28(17-33(35)36)21-10-15-26(27(16-21)37-2)38-18-22-8-5-7-20-6-3-4-9-25(20)22/h3-16,28H,17-18H2,1-2H3/t28-/m1/s1. The van der Waals surface area contributed by atoms with Gasteiger partial charge in [0.25, 0.3) is 0 Å². The van der Waals surface area contributed by atoms with Crippen LogP contribution in [-0.4, -0.2) is 33.3 Å². The van der Waals surface area contributed by atoms with E-state index in [9.17, 15) is 10.1 Å². The summed E-state index contributed by atoms with van der Waals surface area (Å²) in [5.74, 6) is 1.71. The van der Waals surface area contributed by atoms with E-state index in [1.807, 2.05) is 54.0 Å². The number of nitrogens with zero attached hydrogens (tertiary/aromatic N) is 4. The Bertz CT molecular complexity index is 1620. The van der Waals surface area contributed by atoms with Crippen molar-refractivity contribution >= 4 is 34.1 Å². The molecule has 0 aliphatic heterocycles. The third kappa shape index (κ3) is 6.00. The van der Waals surface area contributed by atoms with Gasteiger partial charge in [-0.1, -0.05) is 71.9 Å². The first-order valence-electron chi connectivity index (χ1n) is 12.2. The first-order chi connectivity index (χ1) is 18.9. The Labute approximate surface area is 234 Å². The smallest absolute Gasteiger partial charge is 0.220 e. The third-order valence-corrected chi connectivity index (χ3v) is 7.70. The van der Waals surface area contributed by atoms with E-state index in [2.05, 4.69) is 28.4 Å². The first kappa shape index (κ1) is 26.5. The minimum Gasteiger partial charge on any atom is -0.493 e. The van der Waals surface area contributed by atoms with Crippen LogP contribution in [0, 0.1) is 17.0 Å². The Hall–Kier alpha value is -4.08. The quantitative estimate of drug-likeness (QED) is 0.102. The average Bonchev–Trinajstić information content (AvgIpc) is 3.31. The molecule has 198 valence electrons. The lowest BCUT2D eigenvalue weighted by Crippen LogP contribution is -2.11. The van der Waals surface area contributed by atoms with E-state index >= 15 is 0 Å². The molecule has 4 aromatic carbocycles. The number of methoxy groups -OCH3 is 1. The molecule has 1 heterocycles. The Morgan fingerprint density at radius 3 is 2.54 bits per heavy atom. The highest BCUT2D eigenvalue weighted by Gasteiger charge is 2.25. The SMILES string of the molecule is COc1cc([C@@H](C[N+](=O)[O-])Sc2nnc(C)n2-c2ccc(Cl)cc2)ccc1OCc1cccc2ccccc12. The predicted octanol–water partition coefficient (Wildman–Crippen LogP) is 7.08. The summed E-state index contributed by atoms with van der Waals surface area (Å²) >= 11 is 7.33. The van der Waals surface area contributed by atoms with Gasteiger partial charge in [0.05, 0.1) is 7.11 Å². The molecule has 8 nitrogen and oxygen atoms in total. The molecule has 0 unspecified atom stereocenters. The number of aromatic nitrogens is 3. The molecule has 5 aromatic rings. The van der Waals surface area contributed by atoms with Crippen molar-refractivity contribution in [3.05, 3.63) is 117 Å². The molecule has 5 rings (SSSR count). The lowest BCUT2D eigenvalue weighted by atomic mass is 10.1. The van der Waals surface area contributed by atoms with Gasteiger partial charge in [0.15, 0.2) is 16.7 Å². The molecule has 10 heteroatoms. The molecule has 39 heavy (non-hydrogen) atoms. The molecule has 0 saturated heterocycles. The summed E-state index contributed by atoms with van der Waals surface area (Å²) < 4.78 is 13.6. The molecular weight excluding hydrogens is 536 g/mol. The lowest BCUT2D eigenvalue weighted by molar-refractivity contribution is -0.479. The molecule has 0 spiro atoms. The number of aryl methyl sites for hydroxylation is 1. The average molecular weight is 561 g/mol. The molecule has 0 bridgehead atoms. The number of ether oxygens (including phenoxy) is 2. The predicted molar refractivity (Wildman–Crippen MR) is 153 cm³/mol. The maximum Gasteiger partial charge on any atom is 0.220 e. The van der Waals surface area contributed by atoms with Crippen LogP contribution in [0.4, 0.5) is 0 Å². The van der Waals surface area contributed by atoms with E-state index in [-0.39, 0.29) is 11.5 Å². The van der Waals surface area contributed by atoms with Crippen molar-refractivity contribution in [2.75, 3.05) is 13.7 Å². The van der Waals surface area contributed by atoms with E-state index in [1.165, 1.54) is 11.8 Å². The zero-order chi connectivity index (χ0) is 27.4. The maximum absolute atomic E-state index is 11.6. The number of thioether (sulfide) groups is 1. The summed E-state index contributed by atoms with van der Waals surface area (Å²) in [5, 5.41) is 23.0. The fourth-order valence-electron chi connectivity index (χ4n) is 4.36.